The van der Waals surface area contributed by atoms with E-state index < -0.39 is 16.0 Å². The fourth-order valence-electron chi connectivity index (χ4n) is 2.76. The number of fused-ring (bicyclic) bond motifs is 1. The molecular weight excluding hydrogens is 338 g/mol. The lowest BCUT2D eigenvalue weighted by Gasteiger charge is -2.20. The molecule has 0 bridgehead atoms. The highest BCUT2D eigenvalue weighted by Crippen LogP contribution is 2.40. The standard InChI is InChI=1S/C16H14ClNO4S/c1-10-9-18(14-5-3-2-4-12(10)14)23(21,22)15-8-11(16(19)20)6-7-13(15)17/h2-8,10H,9H2,1H3,(H,19,20)/t10-/m1/s1. The highest BCUT2D eigenvalue weighted by atomic mass is 35.5. The van der Waals surface area contributed by atoms with E-state index in [9.17, 15) is 13.2 Å². The van der Waals surface area contributed by atoms with E-state index >= 15 is 0 Å². The van der Waals surface area contributed by atoms with Crippen molar-refractivity contribution in [1.29, 1.82) is 0 Å². The predicted molar refractivity (Wildman–Crippen MR) is 87.8 cm³/mol. The van der Waals surface area contributed by atoms with Gasteiger partial charge >= 0.3 is 5.97 Å². The van der Waals surface area contributed by atoms with Gasteiger partial charge in [0.05, 0.1) is 16.3 Å². The average molecular weight is 352 g/mol. The van der Waals surface area contributed by atoms with Crippen LogP contribution in [-0.2, 0) is 10.0 Å². The summed E-state index contributed by atoms with van der Waals surface area (Å²) in [5, 5.41) is 9.09. The van der Waals surface area contributed by atoms with Crippen LogP contribution in [0.3, 0.4) is 0 Å². The lowest BCUT2D eigenvalue weighted by molar-refractivity contribution is 0.0696. The van der Waals surface area contributed by atoms with E-state index in [1.807, 2.05) is 19.1 Å². The molecule has 1 N–H and O–H groups in total. The molecule has 0 saturated heterocycles. The largest absolute Gasteiger partial charge is 0.478 e. The van der Waals surface area contributed by atoms with Gasteiger partial charge in [-0.25, -0.2) is 13.2 Å². The zero-order valence-electron chi connectivity index (χ0n) is 12.2. The van der Waals surface area contributed by atoms with E-state index in [2.05, 4.69) is 0 Å². The smallest absolute Gasteiger partial charge is 0.335 e. The third kappa shape index (κ3) is 2.58. The van der Waals surface area contributed by atoms with E-state index in [0.29, 0.717) is 12.2 Å². The number of nitrogens with zero attached hydrogens (tertiary/aromatic N) is 1. The lowest BCUT2D eigenvalue weighted by Crippen LogP contribution is -2.30. The summed E-state index contributed by atoms with van der Waals surface area (Å²) >= 11 is 6.03. The van der Waals surface area contributed by atoms with Crippen molar-refractivity contribution < 1.29 is 18.3 Å². The number of carboxylic acid groups (broad SMARTS) is 1. The summed E-state index contributed by atoms with van der Waals surface area (Å²) in [5.41, 5.74) is 1.44. The van der Waals surface area contributed by atoms with Crippen LogP contribution in [-0.4, -0.2) is 26.0 Å². The van der Waals surface area contributed by atoms with Gasteiger partial charge in [0.25, 0.3) is 10.0 Å². The quantitative estimate of drug-likeness (QED) is 0.920. The Morgan fingerprint density at radius 3 is 2.65 bits per heavy atom. The Morgan fingerprint density at radius 2 is 1.96 bits per heavy atom. The van der Waals surface area contributed by atoms with Crippen molar-refractivity contribution in [2.75, 3.05) is 10.8 Å². The third-order valence-corrected chi connectivity index (χ3v) is 6.18. The first-order chi connectivity index (χ1) is 10.8. The van der Waals surface area contributed by atoms with Gasteiger partial charge < -0.3 is 5.11 Å². The minimum atomic E-state index is -3.93. The molecule has 5 nitrogen and oxygen atoms in total. The van der Waals surface area contributed by atoms with Gasteiger partial charge in [0.2, 0.25) is 0 Å². The first-order valence-corrected chi connectivity index (χ1v) is 8.78. The molecule has 0 radical (unpaired) electrons. The Hall–Kier alpha value is -2.05. The van der Waals surface area contributed by atoms with Crippen LogP contribution in [0.1, 0.15) is 28.8 Å². The fraction of sp³-hybridized carbons (Fsp3) is 0.188. The Morgan fingerprint density at radius 1 is 1.26 bits per heavy atom. The van der Waals surface area contributed by atoms with Crippen LogP contribution in [0.15, 0.2) is 47.4 Å². The van der Waals surface area contributed by atoms with Gasteiger partial charge in [0.15, 0.2) is 0 Å². The average Bonchev–Trinajstić information content (AvgIpc) is 2.86. The molecule has 1 atom stereocenters. The SMILES string of the molecule is C[C@@H]1CN(S(=O)(=O)c2cc(C(=O)O)ccc2Cl)c2ccccc21. The number of halogens is 1. The molecule has 1 heterocycles. The first-order valence-electron chi connectivity index (χ1n) is 6.97. The van der Waals surface area contributed by atoms with Crippen molar-refractivity contribution in [1.82, 2.24) is 0 Å². The molecule has 0 aromatic heterocycles. The van der Waals surface area contributed by atoms with Gasteiger partial charge in [-0.1, -0.05) is 36.7 Å². The van der Waals surface area contributed by atoms with Crippen LogP contribution >= 0.6 is 11.6 Å². The predicted octanol–water partition coefficient (Wildman–Crippen LogP) is 3.35. The van der Waals surface area contributed by atoms with Crippen molar-refractivity contribution in [2.24, 2.45) is 0 Å². The summed E-state index contributed by atoms with van der Waals surface area (Å²) < 4.78 is 27.3. The van der Waals surface area contributed by atoms with E-state index in [1.54, 1.807) is 12.1 Å². The number of sulfonamides is 1. The molecular formula is C16H14ClNO4S. The summed E-state index contributed by atoms with van der Waals surface area (Å²) in [6, 6.07) is 11.0. The lowest BCUT2D eigenvalue weighted by atomic mass is 10.0. The monoisotopic (exact) mass is 351 g/mol. The number of para-hydroxylation sites is 1. The Labute approximate surface area is 139 Å². The molecule has 0 amide bonds. The Kier molecular flexibility index (Phi) is 3.82. The number of carboxylic acids is 1. The molecule has 0 spiro atoms. The van der Waals surface area contributed by atoms with E-state index in [-0.39, 0.29) is 21.4 Å². The molecule has 1 aliphatic heterocycles. The van der Waals surface area contributed by atoms with Crippen LogP contribution in [0.2, 0.25) is 5.02 Å². The number of hydrogen-bond donors (Lipinski definition) is 1. The summed E-state index contributed by atoms with van der Waals surface area (Å²) in [7, 11) is -3.93. The second kappa shape index (κ2) is 5.54. The fourth-order valence-corrected chi connectivity index (χ4v) is 4.84. The molecule has 7 heteroatoms. The van der Waals surface area contributed by atoms with Crippen molar-refractivity contribution in [2.45, 2.75) is 17.7 Å². The topological polar surface area (TPSA) is 74.7 Å². The van der Waals surface area contributed by atoms with Gasteiger partial charge in [-0.15, -0.1) is 0 Å². The maximum absolute atomic E-state index is 13.0. The van der Waals surface area contributed by atoms with Gasteiger partial charge in [0.1, 0.15) is 4.90 Å². The van der Waals surface area contributed by atoms with Crippen LogP contribution in [0.25, 0.3) is 0 Å². The molecule has 2 aromatic carbocycles. The summed E-state index contributed by atoms with van der Waals surface area (Å²) in [6.45, 7) is 2.25. The van der Waals surface area contributed by atoms with Crippen LogP contribution in [0.4, 0.5) is 5.69 Å². The highest BCUT2D eigenvalue weighted by molar-refractivity contribution is 7.93. The molecule has 0 unspecified atom stereocenters. The van der Waals surface area contributed by atoms with Crippen LogP contribution in [0, 0.1) is 0 Å². The van der Waals surface area contributed by atoms with Crippen molar-refractivity contribution in [3.63, 3.8) is 0 Å². The summed E-state index contributed by atoms with van der Waals surface area (Å²) in [5.74, 6) is -1.14. The molecule has 23 heavy (non-hydrogen) atoms. The van der Waals surface area contributed by atoms with Crippen LogP contribution in [0.5, 0.6) is 0 Å². The third-order valence-electron chi connectivity index (χ3n) is 3.92. The van der Waals surface area contributed by atoms with Gasteiger partial charge in [-0.3, -0.25) is 4.31 Å². The number of benzene rings is 2. The van der Waals surface area contributed by atoms with E-state index in [1.165, 1.54) is 16.4 Å². The highest BCUT2D eigenvalue weighted by Gasteiger charge is 2.35. The van der Waals surface area contributed by atoms with Gasteiger partial charge in [0, 0.05) is 12.5 Å². The number of aromatic carboxylic acids is 1. The van der Waals surface area contributed by atoms with Crippen molar-refractivity contribution >= 4 is 33.3 Å². The number of anilines is 1. The molecule has 3 rings (SSSR count). The summed E-state index contributed by atoms with van der Waals surface area (Å²) in [4.78, 5) is 10.9. The number of hydrogen-bond acceptors (Lipinski definition) is 3. The van der Waals surface area contributed by atoms with Crippen LogP contribution < -0.4 is 4.31 Å². The second-order valence-corrected chi connectivity index (χ2v) is 7.68. The van der Waals surface area contributed by atoms with Gasteiger partial charge in [-0.2, -0.15) is 0 Å². The zero-order chi connectivity index (χ0) is 16.8. The van der Waals surface area contributed by atoms with Crippen molar-refractivity contribution in [3.05, 3.63) is 58.6 Å². The molecule has 1 aliphatic rings. The zero-order valence-corrected chi connectivity index (χ0v) is 13.8. The maximum atomic E-state index is 13.0. The first kappa shape index (κ1) is 15.8. The van der Waals surface area contributed by atoms with E-state index in [4.69, 9.17) is 16.7 Å². The normalized spacial score (nSPS) is 17.1. The molecule has 0 aliphatic carbocycles. The van der Waals surface area contributed by atoms with Gasteiger partial charge in [-0.05, 0) is 29.8 Å². The maximum Gasteiger partial charge on any atom is 0.335 e. The Balaban J connectivity index is 2.14. The second-order valence-electron chi connectivity index (χ2n) is 5.45. The molecule has 0 fully saturated rings. The minimum Gasteiger partial charge on any atom is -0.478 e. The van der Waals surface area contributed by atoms with E-state index in [0.717, 1.165) is 11.6 Å². The molecule has 0 saturated carbocycles. The Bertz CT molecular complexity index is 895. The minimum absolute atomic E-state index is 0.00651. The molecule has 120 valence electrons. The number of rotatable bonds is 3. The summed E-state index contributed by atoms with van der Waals surface area (Å²) in [6.07, 6.45) is 0. The number of carbonyl (C=O) groups is 1. The molecule has 2 aromatic rings. The van der Waals surface area contributed by atoms with Crippen molar-refractivity contribution in [3.8, 4) is 0 Å².